The van der Waals surface area contributed by atoms with E-state index in [0.29, 0.717) is 5.52 Å². The van der Waals surface area contributed by atoms with Gasteiger partial charge in [-0.2, -0.15) is 0 Å². The van der Waals surface area contributed by atoms with Crippen LogP contribution in [0.4, 0.5) is 0 Å². The zero-order valence-corrected chi connectivity index (χ0v) is 12.0. The summed E-state index contributed by atoms with van der Waals surface area (Å²) < 4.78 is 0.994. The molecular weight excluding hydrogens is 318 g/mol. The molecule has 1 heterocycles. The Bertz CT molecular complexity index is 797. The highest BCUT2D eigenvalue weighted by atomic mass is 79.9. The molecule has 98 valence electrons. The molecule has 3 rings (SSSR count). The van der Waals surface area contributed by atoms with E-state index in [1.54, 1.807) is 12.1 Å². The molecule has 0 spiro atoms. The van der Waals surface area contributed by atoms with Gasteiger partial charge in [0.2, 0.25) is 0 Å². The Hall–Kier alpha value is -2.20. The van der Waals surface area contributed by atoms with Crippen LogP contribution in [-0.2, 0) is 0 Å². The van der Waals surface area contributed by atoms with Gasteiger partial charge in [0, 0.05) is 15.4 Å². The maximum absolute atomic E-state index is 11.3. The third-order valence-electron chi connectivity index (χ3n) is 3.09. The summed E-state index contributed by atoms with van der Waals surface area (Å²) in [6.07, 6.45) is 0. The molecule has 0 atom stereocenters. The molecular formula is C16H10BrNO2. The number of fused-ring (bicyclic) bond motifs is 1. The molecule has 1 aromatic heterocycles. The Balaban J connectivity index is 2.21. The predicted molar refractivity (Wildman–Crippen MR) is 81.8 cm³/mol. The summed E-state index contributed by atoms with van der Waals surface area (Å²) in [5.74, 6) is -0.962. The lowest BCUT2D eigenvalue weighted by molar-refractivity contribution is 0.0699. The van der Waals surface area contributed by atoms with Crippen LogP contribution in [0.25, 0.3) is 22.2 Å². The van der Waals surface area contributed by atoms with E-state index < -0.39 is 5.97 Å². The summed E-state index contributed by atoms with van der Waals surface area (Å²) in [7, 11) is 0. The van der Waals surface area contributed by atoms with Crippen molar-refractivity contribution >= 4 is 32.8 Å². The molecule has 0 bridgehead atoms. The normalized spacial score (nSPS) is 10.7. The molecule has 0 aliphatic carbocycles. The summed E-state index contributed by atoms with van der Waals surface area (Å²) in [6.45, 7) is 0. The fraction of sp³-hybridized carbons (Fsp3) is 0. The smallest absolute Gasteiger partial charge is 0.337 e. The highest BCUT2D eigenvalue weighted by Gasteiger charge is 2.10. The highest BCUT2D eigenvalue weighted by Crippen LogP contribution is 2.24. The zero-order valence-electron chi connectivity index (χ0n) is 10.4. The van der Waals surface area contributed by atoms with Gasteiger partial charge in [-0.1, -0.05) is 46.3 Å². The van der Waals surface area contributed by atoms with Gasteiger partial charge in [0.25, 0.3) is 0 Å². The number of aromatic nitrogens is 1. The molecule has 0 saturated carbocycles. The van der Waals surface area contributed by atoms with Crippen LogP contribution >= 0.6 is 15.9 Å². The molecule has 20 heavy (non-hydrogen) atoms. The number of aromatic carboxylic acids is 1. The molecule has 0 aliphatic rings. The number of benzene rings is 2. The number of hydrogen-bond donors (Lipinski definition) is 1. The first-order valence-electron chi connectivity index (χ1n) is 6.04. The van der Waals surface area contributed by atoms with Crippen LogP contribution < -0.4 is 0 Å². The average Bonchev–Trinajstić information content (AvgIpc) is 2.46. The first kappa shape index (κ1) is 12.8. The van der Waals surface area contributed by atoms with Crippen molar-refractivity contribution in [3.63, 3.8) is 0 Å². The van der Waals surface area contributed by atoms with Gasteiger partial charge in [-0.25, -0.2) is 9.78 Å². The molecule has 0 radical (unpaired) electrons. The van der Waals surface area contributed by atoms with Crippen LogP contribution in [0.2, 0.25) is 0 Å². The first-order chi connectivity index (χ1) is 9.65. The largest absolute Gasteiger partial charge is 0.478 e. The van der Waals surface area contributed by atoms with E-state index in [9.17, 15) is 9.90 Å². The third kappa shape index (κ3) is 2.30. The van der Waals surface area contributed by atoms with Crippen LogP contribution in [0, 0.1) is 0 Å². The SMILES string of the molecule is O=C(O)c1cccc2ccc(-c3ccc(Br)cc3)nc12. The van der Waals surface area contributed by atoms with E-state index in [2.05, 4.69) is 20.9 Å². The number of rotatable bonds is 2. The molecule has 3 nitrogen and oxygen atoms in total. The molecule has 0 unspecified atom stereocenters. The minimum atomic E-state index is -0.962. The number of carbonyl (C=O) groups is 1. The van der Waals surface area contributed by atoms with E-state index in [4.69, 9.17) is 0 Å². The maximum atomic E-state index is 11.3. The number of pyridine rings is 1. The molecule has 2 aromatic carbocycles. The monoisotopic (exact) mass is 327 g/mol. The first-order valence-corrected chi connectivity index (χ1v) is 6.83. The van der Waals surface area contributed by atoms with Crippen molar-refractivity contribution in [3.8, 4) is 11.3 Å². The van der Waals surface area contributed by atoms with E-state index in [1.165, 1.54) is 0 Å². The van der Waals surface area contributed by atoms with Crippen LogP contribution in [0.5, 0.6) is 0 Å². The van der Waals surface area contributed by atoms with E-state index in [-0.39, 0.29) is 5.56 Å². The Morgan fingerprint density at radius 1 is 1.00 bits per heavy atom. The third-order valence-corrected chi connectivity index (χ3v) is 3.62. The van der Waals surface area contributed by atoms with Crippen LogP contribution in [0.15, 0.2) is 59.1 Å². The Labute approximate surface area is 124 Å². The van der Waals surface area contributed by atoms with Crippen LogP contribution in [0.1, 0.15) is 10.4 Å². The second-order valence-corrected chi connectivity index (χ2v) is 5.30. The fourth-order valence-electron chi connectivity index (χ4n) is 2.10. The summed E-state index contributed by atoms with van der Waals surface area (Å²) >= 11 is 3.39. The fourth-order valence-corrected chi connectivity index (χ4v) is 2.37. The molecule has 0 fully saturated rings. The van der Waals surface area contributed by atoms with Gasteiger partial charge in [0.1, 0.15) is 0 Å². The number of para-hydroxylation sites is 1. The minimum Gasteiger partial charge on any atom is -0.478 e. The summed E-state index contributed by atoms with van der Waals surface area (Å²) in [5.41, 5.74) is 2.45. The summed E-state index contributed by atoms with van der Waals surface area (Å²) in [4.78, 5) is 15.8. The molecule has 0 saturated heterocycles. The van der Waals surface area contributed by atoms with Gasteiger partial charge in [-0.3, -0.25) is 0 Å². The zero-order chi connectivity index (χ0) is 14.1. The van der Waals surface area contributed by atoms with Crippen molar-refractivity contribution in [2.45, 2.75) is 0 Å². The van der Waals surface area contributed by atoms with Gasteiger partial charge in [-0.15, -0.1) is 0 Å². The molecule has 4 heteroatoms. The van der Waals surface area contributed by atoms with Gasteiger partial charge >= 0.3 is 5.97 Å². The van der Waals surface area contributed by atoms with E-state index in [1.807, 2.05) is 42.5 Å². The van der Waals surface area contributed by atoms with Gasteiger partial charge in [0.05, 0.1) is 16.8 Å². The van der Waals surface area contributed by atoms with Crippen molar-refractivity contribution < 1.29 is 9.90 Å². The lowest BCUT2D eigenvalue weighted by Gasteiger charge is -2.05. The van der Waals surface area contributed by atoms with Crippen molar-refractivity contribution in [1.29, 1.82) is 0 Å². The van der Waals surface area contributed by atoms with Crippen LogP contribution in [-0.4, -0.2) is 16.1 Å². The Morgan fingerprint density at radius 2 is 1.75 bits per heavy atom. The summed E-state index contributed by atoms with van der Waals surface area (Å²) in [5, 5.41) is 10.1. The standard InChI is InChI=1S/C16H10BrNO2/c17-12-7-4-10(5-8-12)14-9-6-11-2-1-3-13(16(19)20)15(11)18-14/h1-9H,(H,19,20). The molecule has 1 N–H and O–H groups in total. The second-order valence-electron chi connectivity index (χ2n) is 4.39. The summed E-state index contributed by atoms with van der Waals surface area (Å²) in [6, 6.07) is 16.7. The topological polar surface area (TPSA) is 50.2 Å². The average molecular weight is 328 g/mol. The second kappa shape index (κ2) is 5.06. The number of carboxylic acid groups (broad SMARTS) is 1. The van der Waals surface area contributed by atoms with Crippen LogP contribution in [0.3, 0.4) is 0 Å². The van der Waals surface area contributed by atoms with Crippen molar-refractivity contribution in [3.05, 3.63) is 64.6 Å². The van der Waals surface area contributed by atoms with Crippen molar-refractivity contribution in [1.82, 2.24) is 4.98 Å². The molecule has 0 aliphatic heterocycles. The van der Waals surface area contributed by atoms with Crippen molar-refractivity contribution in [2.75, 3.05) is 0 Å². The highest BCUT2D eigenvalue weighted by molar-refractivity contribution is 9.10. The quantitative estimate of drug-likeness (QED) is 0.760. The number of nitrogens with zero attached hydrogens (tertiary/aromatic N) is 1. The van der Waals surface area contributed by atoms with Gasteiger partial charge in [-0.05, 0) is 24.3 Å². The molecule has 0 amide bonds. The predicted octanol–water partition coefficient (Wildman–Crippen LogP) is 4.36. The number of carboxylic acids is 1. The van der Waals surface area contributed by atoms with Crippen molar-refractivity contribution in [2.24, 2.45) is 0 Å². The Morgan fingerprint density at radius 3 is 2.45 bits per heavy atom. The van der Waals surface area contributed by atoms with Gasteiger partial charge < -0.3 is 5.11 Å². The number of halogens is 1. The maximum Gasteiger partial charge on any atom is 0.337 e. The Kier molecular flexibility index (Phi) is 3.24. The van der Waals surface area contributed by atoms with E-state index in [0.717, 1.165) is 21.1 Å². The molecule has 3 aromatic rings. The van der Waals surface area contributed by atoms with Gasteiger partial charge in [0.15, 0.2) is 0 Å². The lowest BCUT2D eigenvalue weighted by Crippen LogP contribution is -1.99. The minimum absolute atomic E-state index is 0.224. The number of hydrogen-bond acceptors (Lipinski definition) is 2. The lowest BCUT2D eigenvalue weighted by atomic mass is 10.1. The van der Waals surface area contributed by atoms with E-state index >= 15 is 0 Å².